The van der Waals surface area contributed by atoms with E-state index < -0.39 is 0 Å². The van der Waals surface area contributed by atoms with Gasteiger partial charge in [0.1, 0.15) is 5.78 Å². The van der Waals surface area contributed by atoms with Gasteiger partial charge in [0.25, 0.3) is 0 Å². The minimum atomic E-state index is 0.297. The van der Waals surface area contributed by atoms with Crippen LogP contribution in [0.3, 0.4) is 0 Å². The number of unbranched alkanes of at least 4 members (excludes halogenated alkanes) is 1. The molecule has 0 radical (unpaired) electrons. The summed E-state index contributed by atoms with van der Waals surface area (Å²) in [6.45, 7) is 3.71. The van der Waals surface area contributed by atoms with E-state index in [0.29, 0.717) is 5.78 Å². The second kappa shape index (κ2) is 7.18. The van der Waals surface area contributed by atoms with Crippen molar-refractivity contribution >= 4 is 5.78 Å². The average molecular weight is 219 g/mol. The number of carbonyl (C=O) groups is 1. The lowest BCUT2D eigenvalue weighted by molar-refractivity contribution is -0.117. The molecular weight excluding hydrogens is 198 g/mol. The standard InChI is InChI=1S/C14H21NO/c1-13(16)8-6-7-11-15(2)12-14-9-4-3-5-10-14/h3-5,9-10H,6-8,11-12H2,1-2H3. The highest BCUT2D eigenvalue weighted by Crippen LogP contribution is 2.04. The summed E-state index contributed by atoms with van der Waals surface area (Å²) in [6, 6.07) is 10.5. The van der Waals surface area contributed by atoms with Crippen LogP contribution in [0.25, 0.3) is 0 Å². The first-order chi connectivity index (χ1) is 7.68. The van der Waals surface area contributed by atoms with Gasteiger partial charge in [-0.05, 0) is 38.9 Å². The second-order valence-corrected chi connectivity index (χ2v) is 4.38. The molecule has 0 saturated carbocycles. The summed E-state index contributed by atoms with van der Waals surface area (Å²) in [4.78, 5) is 13.1. The van der Waals surface area contributed by atoms with Crippen LogP contribution in [-0.4, -0.2) is 24.3 Å². The van der Waals surface area contributed by atoms with Gasteiger partial charge in [-0.15, -0.1) is 0 Å². The zero-order chi connectivity index (χ0) is 11.8. The number of rotatable bonds is 7. The van der Waals surface area contributed by atoms with Crippen LogP contribution in [0, 0.1) is 0 Å². The maximum atomic E-state index is 10.8. The fourth-order valence-electron chi connectivity index (χ4n) is 1.73. The molecule has 0 fully saturated rings. The number of nitrogens with zero attached hydrogens (tertiary/aromatic N) is 1. The van der Waals surface area contributed by atoms with E-state index in [-0.39, 0.29) is 0 Å². The number of ketones is 1. The lowest BCUT2D eigenvalue weighted by Crippen LogP contribution is -2.19. The first-order valence-corrected chi connectivity index (χ1v) is 5.90. The number of hydrogen-bond acceptors (Lipinski definition) is 2. The number of Topliss-reactive ketones (excluding diaryl/α,β-unsaturated/α-hetero) is 1. The lowest BCUT2D eigenvalue weighted by atomic mass is 10.1. The predicted molar refractivity (Wildman–Crippen MR) is 67.3 cm³/mol. The normalized spacial score (nSPS) is 10.7. The van der Waals surface area contributed by atoms with Crippen molar-refractivity contribution in [2.75, 3.05) is 13.6 Å². The van der Waals surface area contributed by atoms with Gasteiger partial charge in [-0.1, -0.05) is 30.3 Å². The van der Waals surface area contributed by atoms with Crippen molar-refractivity contribution in [2.45, 2.75) is 32.7 Å². The summed E-state index contributed by atoms with van der Waals surface area (Å²) in [5, 5.41) is 0. The molecule has 0 aliphatic rings. The molecule has 1 aromatic carbocycles. The zero-order valence-corrected chi connectivity index (χ0v) is 10.3. The fraction of sp³-hybridized carbons (Fsp3) is 0.500. The van der Waals surface area contributed by atoms with Crippen LogP contribution >= 0.6 is 0 Å². The third-order valence-corrected chi connectivity index (χ3v) is 2.61. The van der Waals surface area contributed by atoms with Crippen molar-refractivity contribution in [2.24, 2.45) is 0 Å². The molecule has 0 N–H and O–H groups in total. The average Bonchev–Trinajstić information content (AvgIpc) is 2.25. The van der Waals surface area contributed by atoms with Crippen LogP contribution in [0.15, 0.2) is 30.3 Å². The summed E-state index contributed by atoms with van der Waals surface area (Å²) < 4.78 is 0. The number of carbonyl (C=O) groups excluding carboxylic acids is 1. The molecule has 16 heavy (non-hydrogen) atoms. The van der Waals surface area contributed by atoms with Gasteiger partial charge in [-0.3, -0.25) is 0 Å². The van der Waals surface area contributed by atoms with Gasteiger partial charge in [-0.2, -0.15) is 0 Å². The Labute approximate surface area is 98.3 Å². The van der Waals surface area contributed by atoms with Gasteiger partial charge in [0.05, 0.1) is 0 Å². The highest BCUT2D eigenvalue weighted by Gasteiger charge is 2.00. The van der Waals surface area contributed by atoms with E-state index in [1.165, 1.54) is 5.56 Å². The molecule has 0 aliphatic carbocycles. The van der Waals surface area contributed by atoms with Crippen LogP contribution in [0.1, 0.15) is 31.7 Å². The third-order valence-electron chi connectivity index (χ3n) is 2.61. The second-order valence-electron chi connectivity index (χ2n) is 4.38. The van der Waals surface area contributed by atoms with Crippen LogP contribution < -0.4 is 0 Å². The maximum absolute atomic E-state index is 10.8. The summed E-state index contributed by atoms with van der Waals surface area (Å²) in [6.07, 6.45) is 2.83. The highest BCUT2D eigenvalue weighted by molar-refractivity contribution is 5.75. The van der Waals surface area contributed by atoms with Gasteiger partial charge >= 0.3 is 0 Å². The van der Waals surface area contributed by atoms with Crippen molar-refractivity contribution in [3.63, 3.8) is 0 Å². The quantitative estimate of drug-likeness (QED) is 0.657. The molecule has 2 heteroatoms. The Balaban J connectivity index is 2.16. The lowest BCUT2D eigenvalue weighted by Gasteiger charge is -2.16. The van der Waals surface area contributed by atoms with Crippen molar-refractivity contribution < 1.29 is 4.79 Å². The minimum Gasteiger partial charge on any atom is -0.302 e. The first kappa shape index (κ1) is 12.9. The molecular formula is C14H21NO. The van der Waals surface area contributed by atoms with Crippen molar-refractivity contribution in [3.8, 4) is 0 Å². The van der Waals surface area contributed by atoms with Crippen LogP contribution in [0.4, 0.5) is 0 Å². The first-order valence-electron chi connectivity index (χ1n) is 5.90. The van der Waals surface area contributed by atoms with Gasteiger partial charge in [0.2, 0.25) is 0 Å². The summed E-state index contributed by atoms with van der Waals surface area (Å²) >= 11 is 0. The van der Waals surface area contributed by atoms with Crippen LogP contribution in [0.2, 0.25) is 0 Å². The highest BCUT2D eigenvalue weighted by atomic mass is 16.1. The molecule has 2 nitrogen and oxygen atoms in total. The Morgan fingerprint density at radius 2 is 1.88 bits per heavy atom. The zero-order valence-electron chi connectivity index (χ0n) is 10.3. The molecule has 0 aliphatic heterocycles. The van der Waals surface area contributed by atoms with E-state index in [2.05, 4.69) is 36.2 Å². The smallest absolute Gasteiger partial charge is 0.129 e. The predicted octanol–water partition coefficient (Wildman–Crippen LogP) is 2.88. The topological polar surface area (TPSA) is 20.3 Å². The summed E-state index contributed by atoms with van der Waals surface area (Å²) in [5.74, 6) is 0.297. The van der Waals surface area contributed by atoms with Crippen LogP contribution in [-0.2, 0) is 11.3 Å². The molecule has 0 aromatic heterocycles. The van der Waals surface area contributed by atoms with E-state index in [0.717, 1.165) is 32.4 Å². The third kappa shape index (κ3) is 5.66. The molecule has 0 spiro atoms. The van der Waals surface area contributed by atoms with Gasteiger partial charge in [0.15, 0.2) is 0 Å². The molecule has 0 atom stereocenters. The number of benzene rings is 1. The SMILES string of the molecule is CC(=O)CCCCN(C)Cc1ccccc1. The van der Waals surface area contributed by atoms with Gasteiger partial charge in [0, 0.05) is 13.0 Å². The Morgan fingerprint density at radius 3 is 2.50 bits per heavy atom. The molecule has 0 bridgehead atoms. The van der Waals surface area contributed by atoms with Gasteiger partial charge in [-0.25, -0.2) is 0 Å². The van der Waals surface area contributed by atoms with E-state index >= 15 is 0 Å². The molecule has 88 valence electrons. The molecule has 1 rings (SSSR count). The van der Waals surface area contributed by atoms with Gasteiger partial charge < -0.3 is 9.69 Å². The Bertz CT molecular complexity index is 308. The Kier molecular flexibility index (Phi) is 5.79. The largest absolute Gasteiger partial charge is 0.302 e. The van der Waals surface area contributed by atoms with E-state index in [4.69, 9.17) is 0 Å². The molecule has 0 saturated heterocycles. The molecule has 0 unspecified atom stereocenters. The maximum Gasteiger partial charge on any atom is 0.129 e. The van der Waals surface area contributed by atoms with Crippen molar-refractivity contribution in [3.05, 3.63) is 35.9 Å². The number of hydrogen-bond donors (Lipinski definition) is 0. The van der Waals surface area contributed by atoms with E-state index in [1.807, 2.05) is 6.07 Å². The molecule has 0 heterocycles. The monoisotopic (exact) mass is 219 g/mol. The van der Waals surface area contributed by atoms with E-state index in [9.17, 15) is 4.79 Å². The molecule has 0 amide bonds. The minimum absolute atomic E-state index is 0.297. The van der Waals surface area contributed by atoms with Crippen LogP contribution in [0.5, 0.6) is 0 Å². The van der Waals surface area contributed by atoms with Crippen molar-refractivity contribution in [1.29, 1.82) is 0 Å². The van der Waals surface area contributed by atoms with Crippen molar-refractivity contribution in [1.82, 2.24) is 4.90 Å². The Hall–Kier alpha value is -1.15. The van der Waals surface area contributed by atoms with E-state index in [1.54, 1.807) is 6.92 Å². The summed E-state index contributed by atoms with van der Waals surface area (Å²) in [7, 11) is 2.13. The fourth-order valence-corrected chi connectivity index (χ4v) is 1.73. The summed E-state index contributed by atoms with van der Waals surface area (Å²) in [5.41, 5.74) is 1.34. The Morgan fingerprint density at radius 1 is 1.19 bits per heavy atom. The molecule has 1 aromatic rings.